The maximum atomic E-state index is 12.6. The Morgan fingerprint density at radius 2 is 2.24 bits per heavy atom. The van der Waals surface area contributed by atoms with Gasteiger partial charge in [0.1, 0.15) is 6.04 Å². The summed E-state index contributed by atoms with van der Waals surface area (Å²) in [6.45, 7) is 0.722. The summed E-state index contributed by atoms with van der Waals surface area (Å²) < 4.78 is 5.40. The van der Waals surface area contributed by atoms with Gasteiger partial charge in [0, 0.05) is 24.9 Å². The van der Waals surface area contributed by atoms with Gasteiger partial charge in [0.25, 0.3) is 5.91 Å². The van der Waals surface area contributed by atoms with E-state index in [4.69, 9.17) is 4.52 Å². The SMILES string of the molecule is O=C(c1cccnc1)N1CCCC1c1nc(C2CC2)no1. The van der Waals surface area contributed by atoms with Crippen LogP contribution < -0.4 is 0 Å². The first kappa shape index (κ1) is 12.5. The first-order valence-corrected chi connectivity index (χ1v) is 7.37. The van der Waals surface area contributed by atoms with Crippen molar-refractivity contribution < 1.29 is 9.32 Å². The highest BCUT2D eigenvalue weighted by Crippen LogP contribution is 2.39. The minimum absolute atomic E-state index is 0.0169. The first-order valence-electron chi connectivity index (χ1n) is 7.37. The van der Waals surface area contributed by atoms with Crippen LogP contribution in [0, 0.1) is 0 Å². The van der Waals surface area contributed by atoms with E-state index in [9.17, 15) is 4.79 Å². The summed E-state index contributed by atoms with van der Waals surface area (Å²) in [5.41, 5.74) is 0.603. The lowest BCUT2D eigenvalue weighted by atomic mass is 10.2. The Morgan fingerprint density at radius 3 is 3.00 bits per heavy atom. The zero-order valence-corrected chi connectivity index (χ0v) is 11.6. The maximum absolute atomic E-state index is 12.6. The molecule has 2 aromatic rings. The lowest BCUT2D eigenvalue weighted by molar-refractivity contribution is 0.0709. The Bertz CT molecular complexity index is 651. The number of hydrogen-bond donors (Lipinski definition) is 0. The summed E-state index contributed by atoms with van der Waals surface area (Å²) in [6, 6.07) is 3.46. The van der Waals surface area contributed by atoms with Crippen LogP contribution in [0.1, 0.15) is 59.7 Å². The highest BCUT2D eigenvalue weighted by molar-refractivity contribution is 5.94. The van der Waals surface area contributed by atoms with Crippen molar-refractivity contribution in [1.29, 1.82) is 0 Å². The Labute approximate surface area is 122 Å². The van der Waals surface area contributed by atoms with Crippen molar-refractivity contribution in [2.45, 2.75) is 37.6 Å². The summed E-state index contributed by atoms with van der Waals surface area (Å²) in [5, 5.41) is 4.05. The van der Waals surface area contributed by atoms with E-state index >= 15 is 0 Å². The van der Waals surface area contributed by atoms with Gasteiger partial charge in [0.15, 0.2) is 5.82 Å². The number of carbonyl (C=O) groups excluding carboxylic acids is 1. The van der Waals surface area contributed by atoms with Crippen molar-refractivity contribution >= 4 is 5.91 Å². The molecule has 1 unspecified atom stereocenters. The van der Waals surface area contributed by atoms with E-state index in [1.165, 1.54) is 0 Å². The van der Waals surface area contributed by atoms with Crippen LogP contribution in [-0.4, -0.2) is 32.5 Å². The second-order valence-corrected chi connectivity index (χ2v) is 5.66. The molecule has 4 rings (SSSR count). The van der Waals surface area contributed by atoms with Crippen LogP contribution in [0.25, 0.3) is 0 Å². The average molecular weight is 284 g/mol. The van der Waals surface area contributed by atoms with Crippen LogP contribution in [0.15, 0.2) is 29.0 Å². The van der Waals surface area contributed by atoms with E-state index in [0.717, 1.165) is 38.1 Å². The molecular weight excluding hydrogens is 268 g/mol. The van der Waals surface area contributed by atoms with E-state index < -0.39 is 0 Å². The molecule has 2 fully saturated rings. The number of likely N-dealkylation sites (tertiary alicyclic amines) is 1. The molecule has 21 heavy (non-hydrogen) atoms. The Kier molecular flexibility index (Phi) is 2.94. The van der Waals surface area contributed by atoms with Gasteiger partial charge >= 0.3 is 0 Å². The molecule has 1 saturated heterocycles. The molecule has 2 aliphatic rings. The number of rotatable bonds is 3. The summed E-state index contributed by atoms with van der Waals surface area (Å²) in [6.07, 6.45) is 7.37. The highest BCUT2D eigenvalue weighted by Gasteiger charge is 2.36. The molecule has 1 atom stereocenters. The van der Waals surface area contributed by atoms with Crippen molar-refractivity contribution in [3.8, 4) is 0 Å². The molecule has 0 spiro atoms. The van der Waals surface area contributed by atoms with E-state index in [0.29, 0.717) is 17.4 Å². The van der Waals surface area contributed by atoms with E-state index in [1.54, 1.807) is 24.5 Å². The third-order valence-electron chi connectivity index (χ3n) is 4.11. The zero-order valence-electron chi connectivity index (χ0n) is 11.6. The number of amides is 1. The molecule has 1 amide bonds. The minimum Gasteiger partial charge on any atom is -0.337 e. The van der Waals surface area contributed by atoms with Gasteiger partial charge in [-0.2, -0.15) is 4.98 Å². The van der Waals surface area contributed by atoms with Crippen molar-refractivity contribution in [1.82, 2.24) is 20.0 Å². The molecule has 0 radical (unpaired) electrons. The molecule has 3 heterocycles. The second kappa shape index (κ2) is 4.95. The quantitative estimate of drug-likeness (QED) is 0.865. The molecule has 1 aliphatic carbocycles. The van der Waals surface area contributed by atoms with Crippen molar-refractivity contribution in [2.75, 3.05) is 6.54 Å². The molecule has 2 aromatic heterocycles. The lowest BCUT2D eigenvalue weighted by Crippen LogP contribution is -2.30. The summed E-state index contributed by atoms with van der Waals surface area (Å²) in [4.78, 5) is 22.9. The Morgan fingerprint density at radius 1 is 1.33 bits per heavy atom. The average Bonchev–Trinajstić information content (AvgIpc) is 3.07. The van der Waals surface area contributed by atoms with Gasteiger partial charge in [0.05, 0.1) is 5.56 Å². The van der Waals surface area contributed by atoms with Crippen molar-refractivity contribution in [3.63, 3.8) is 0 Å². The summed E-state index contributed by atoms with van der Waals surface area (Å²) in [5.74, 6) is 1.82. The summed E-state index contributed by atoms with van der Waals surface area (Å²) >= 11 is 0. The third kappa shape index (κ3) is 2.30. The van der Waals surface area contributed by atoms with Crippen molar-refractivity contribution in [2.24, 2.45) is 0 Å². The van der Waals surface area contributed by atoms with Crippen LogP contribution in [0.5, 0.6) is 0 Å². The fourth-order valence-electron chi connectivity index (χ4n) is 2.81. The molecular formula is C15H16N4O2. The minimum atomic E-state index is -0.0993. The second-order valence-electron chi connectivity index (χ2n) is 5.66. The van der Waals surface area contributed by atoms with Crippen LogP contribution in [0.4, 0.5) is 0 Å². The van der Waals surface area contributed by atoms with Crippen molar-refractivity contribution in [3.05, 3.63) is 41.8 Å². The molecule has 0 aromatic carbocycles. The van der Waals surface area contributed by atoms with Gasteiger partial charge in [-0.3, -0.25) is 9.78 Å². The fourth-order valence-corrected chi connectivity index (χ4v) is 2.81. The van der Waals surface area contributed by atoms with E-state index in [-0.39, 0.29) is 11.9 Å². The number of aromatic nitrogens is 3. The normalized spacial score (nSPS) is 21.7. The van der Waals surface area contributed by atoms with E-state index in [1.807, 2.05) is 4.90 Å². The molecule has 108 valence electrons. The van der Waals surface area contributed by atoms with Gasteiger partial charge in [-0.1, -0.05) is 5.16 Å². The number of carbonyl (C=O) groups is 1. The zero-order chi connectivity index (χ0) is 14.2. The van der Waals surface area contributed by atoms with Crippen LogP contribution in [0.3, 0.4) is 0 Å². The maximum Gasteiger partial charge on any atom is 0.256 e. The molecule has 1 aliphatic heterocycles. The molecule has 1 saturated carbocycles. The largest absolute Gasteiger partial charge is 0.337 e. The smallest absolute Gasteiger partial charge is 0.256 e. The number of pyridine rings is 1. The molecule has 0 N–H and O–H groups in total. The first-order chi connectivity index (χ1) is 10.3. The fraction of sp³-hybridized carbons (Fsp3) is 0.467. The van der Waals surface area contributed by atoms with Gasteiger partial charge < -0.3 is 9.42 Å². The number of nitrogens with zero attached hydrogens (tertiary/aromatic N) is 4. The lowest BCUT2D eigenvalue weighted by Gasteiger charge is -2.21. The predicted molar refractivity (Wildman–Crippen MR) is 73.5 cm³/mol. The highest BCUT2D eigenvalue weighted by atomic mass is 16.5. The van der Waals surface area contributed by atoms with Gasteiger partial charge in [-0.25, -0.2) is 0 Å². The van der Waals surface area contributed by atoms with E-state index in [2.05, 4.69) is 15.1 Å². The topological polar surface area (TPSA) is 72.1 Å². The standard InChI is InChI=1S/C15H16N4O2/c20-15(11-3-1-7-16-9-11)19-8-2-4-12(19)14-17-13(18-21-14)10-5-6-10/h1,3,7,9-10,12H,2,4-6,8H2. The predicted octanol–water partition coefficient (Wildman–Crippen LogP) is 2.32. The van der Waals surface area contributed by atoms with Gasteiger partial charge in [-0.05, 0) is 37.8 Å². The van der Waals surface area contributed by atoms with Crippen LogP contribution in [-0.2, 0) is 0 Å². The molecule has 6 heteroatoms. The Balaban J connectivity index is 1.58. The van der Waals surface area contributed by atoms with Crippen LogP contribution in [0.2, 0.25) is 0 Å². The summed E-state index contributed by atoms with van der Waals surface area (Å²) in [7, 11) is 0. The number of hydrogen-bond acceptors (Lipinski definition) is 5. The van der Waals surface area contributed by atoms with Gasteiger partial charge in [-0.15, -0.1) is 0 Å². The molecule has 6 nitrogen and oxygen atoms in total. The third-order valence-corrected chi connectivity index (χ3v) is 4.11. The molecule has 0 bridgehead atoms. The van der Waals surface area contributed by atoms with Gasteiger partial charge in [0.2, 0.25) is 5.89 Å². The van der Waals surface area contributed by atoms with Crippen LogP contribution >= 0.6 is 0 Å². The monoisotopic (exact) mass is 284 g/mol. The Hall–Kier alpha value is -2.24.